The Hall–Kier alpha value is -2.02. The molecule has 1 aromatic rings. The highest BCUT2D eigenvalue weighted by molar-refractivity contribution is 6.21. The molecule has 2 heterocycles. The van der Waals surface area contributed by atoms with Gasteiger partial charge in [0.15, 0.2) is 6.29 Å². The highest BCUT2D eigenvalue weighted by atomic mass is 16.8. The van der Waals surface area contributed by atoms with Gasteiger partial charge in [0.1, 0.15) is 0 Å². The fourth-order valence-electron chi connectivity index (χ4n) is 2.38. The number of benzene rings is 1. The molecule has 104 valence electrons. The molecule has 2 amide bonds. The molecule has 3 rings (SSSR count). The smallest absolute Gasteiger partial charge is 0.284 e. The summed E-state index contributed by atoms with van der Waals surface area (Å²) >= 11 is 0. The molecule has 2 aliphatic rings. The number of fused-ring (bicyclic) bond motifs is 1. The number of hydrogen-bond acceptors (Lipinski definition) is 5. The van der Waals surface area contributed by atoms with Crippen LogP contribution in [0.25, 0.3) is 0 Å². The van der Waals surface area contributed by atoms with E-state index in [4.69, 9.17) is 14.2 Å². The monoisotopic (exact) mass is 275 g/mol. The highest BCUT2D eigenvalue weighted by Gasteiger charge is 2.52. The Bertz CT molecular complexity index is 576. The quantitative estimate of drug-likeness (QED) is 0.611. The van der Waals surface area contributed by atoms with Crippen molar-refractivity contribution in [3.8, 4) is 0 Å². The van der Waals surface area contributed by atoms with Crippen LogP contribution >= 0.6 is 0 Å². The highest BCUT2D eigenvalue weighted by Crippen LogP contribution is 2.35. The number of ether oxygens (including phenoxy) is 3. The molecule has 0 aromatic heterocycles. The van der Waals surface area contributed by atoms with Crippen molar-refractivity contribution >= 4 is 11.8 Å². The Morgan fingerprint density at radius 2 is 1.75 bits per heavy atom. The van der Waals surface area contributed by atoms with Crippen LogP contribution in [0.15, 0.2) is 36.4 Å². The Morgan fingerprint density at radius 3 is 2.20 bits per heavy atom. The second kappa shape index (κ2) is 4.52. The average molecular weight is 275 g/mol. The summed E-state index contributed by atoms with van der Waals surface area (Å²) in [6, 6.07) is 6.61. The zero-order valence-corrected chi connectivity index (χ0v) is 11.0. The van der Waals surface area contributed by atoms with Crippen LogP contribution in [0.4, 0.5) is 0 Å². The fraction of sp³-hybridized carbons (Fsp3) is 0.286. The molecule has 0 fully saturated rings. The first-order valence-corrected chi connectivity index (χ1v) is 6.06. The van der Waals surface area contributed by atoms with Gasteiger partial charge in [-0.15, -0.1) is 0 Å². The van der Waals surface area contributed by atoms with E-state index in [1.807, 2.05) is 0 Å². The predicted octanol–water partition coefficient (Wildman–Crippen LogP) is 1.14. The van der Waals surface area contributed by atoms with Crippen molar-refractivity contribution in [1.29, 1.82) is 0 Å². The van der Waals surface area contributed by atoms with E-state index < -0.39 is 24.0 Å². The number of amides is 2. The first kappa shape index (κ1) is 13.0. The Kier molecular flexibility index (Phi) is 2.93. The van der Waals surface area contributed by atoms with E-state index in [-0.39, 0.29) is 0 Å². The molecule has 0 aliphatic carbocycles. The molecule has 0 saturated heterocycles. The van der Waals surface area contributed by atoms with Crippen molar-refractivity contribution < 1.29 is 23.8 Å². The lowest BCUT2D eigenvalue weighted by molar-refractivity contribution is -0.283. The van der Waals surface area contributed by atoms with Gasteiger partial charge in [-0.25, -0.2) is 4.90 Å². The van der Waals surface area contributed by atoms with Gasteiger partial charge in [-0.2, -0.15) is 0 Å². The summed E-state index contributed by atoms with van der Waals surface area (Å²) in [5.41, 5.74) is 0.679. The van der Waals surface area contributed by atoms with Crippen molar-refractivity contribution in [1.82, 2.24) is 4.90 Å². The van der Waals surface area contributed by atoms with E-state index in [0.717, 1.165) is 4.90 Å². The van der Waals surface area contributed by atoms with Gasteiger partial charge < -0.3 is 9.47 Å². The largest absolute Gasteiger partial charge is 0.352 e. The van der Waals surface area contributed by atoms with Gasteiger partial charge in [0, 0.05) is 14.2 Å². The summed E-state index contributed by atoms with van der Waals surface area (Å²) in [7, 11) is 2.83. The Morgan fingerprint density at radius 1 is 1.15 bits per heavy atom. The van der Waals surface area contributed by atoms with Gasteiger partial charge in [0.25, 0.3) is 17.7 Å². The molecule has 0 saturated carbocycles. The zero-order chi connectivity index (χ0) is 14.3. The lowest BCUT2D eigenvalue weighted by Gasteiger charge is -2.33. The van der Waals surface area contributed by atoms with Gasteiger partial charge in [-0.1, -0.05) is 12.1 Å². The summed E-state index contributed by atoms with van der Waals surface area (Å²) in [6.45, 7) is 0. The van der Waals surface area contributed by atoms with Gasteiger partial charge in [-0.05, 0) is 24.3 Å². The first-order valence-electron chi connectivity index (χ1n) is 6.06. The third-order valence-corrected chi connectivity index (χ3v) is 3.38. The van der Waals surface area contributed by atoms with Crippen LogP contribution in [0.2, 0.25) is 0 Å². The zero-order valence-electron chi connectivity index (χ0n) is 11.0. The molecule has 0 spiro atoms. The van der Waals surface area contributed by atoms with Crippen LogP contribution in [0.5, 0.6) is 0 Å². The van der Waals surface area contributed by atoms with Crippen LogP contribution in [0, 0.1) is 0 Å². The van der Waals surface area contributed by atoms with Crippen molar-refractivity contribution in [2.75, 3.05) is 14.2 Å². The van der Waals surface area contributed by atoms with Crippen LogP contribution in [0.3, 0.4) is 0 Å². The van der Waals surface area contributed by atoms with E-state index in [9.17, 15) is 9.59 Å². The number of carbonyl (C=O) groups excluding carboxylic acids is 2. The minimum Gasteiger partial charge on any atom is -0.352 e. The SMILES string of the molecule is COC1C=CC(OC)(N2C(=O)c3ccccc3C2=O)O1. The van der Waals surface area contributed by atoms with Crippen LogP contribution in [0.1, 0.15) is 20.7 Å². The van der Waals surface area contributed by atoms with Gasteiger partial charge in [0.2, 0.25) is 0 Å². The van der Waals surface area contributed by atoms with E-state index in [1.165, 1.54) is 20.3 Å². The van der Waals surface area contributed by atoms with Crippen LogP contribution in [-0.2, 0) is 14.2 Å². The average Bonchev–Trinajstić information content (AvgIpc) is 3.01. The lowest BCUT2D eigenvalue weighted by Crippen LogP contribution is -2.53. The van der Waals surface area contributed by atoms with Crippen molar-refractivity contribution in [2.45, 2.75) is 12.2 Å². The number of hydrogen-bond donors (Lipinski definition) is 0. The maximum absolute atomic E-state index is 12.4. The molecule has 0 N–H and O–H groups in total. The number of methoxy groups -OCH3 is 2. The first-order chi connectivity index (χ1) is 9.63. The second-order valence-electron chi connectivity index (χ2n) is 4.41. The summed E-state index contributed by atoms with van der Waals surface area (Å²) in [6.07, 6.45) is 2.43. The number of carbonyl (C=O) groups is 2. The summed E-state index contributed by atoms with van der Waals surface area (Å²) in [5.74, 6) is -2.46. The van der Waals surface area contributed by atoms with Gasteiger partial charge in [-0.3, -0.25) is 14.3 Å². The minimum absolute atomic E-state index is 0.340. The maximum atomic E-state index is 12.4. The summed E-state index contributed by atoms with van der Waals surface area (Å²) < 4.78 is 15.9. The topological polar surface area (TPSA) is 65.1 Å². The Labute approximate surface area is 115 Å². The third-order valence-electron chi connectivity index (χ3n) is 3.38. The molecule has 20 heavy (non-hydrogen) atoms. The molecule has 0 radical (unpaired) electrons. The molecule has 2 atom stereocenters. The van der Waals surface area contributed by atoms with E-state index >= 15 is 0 Å². The van der Waals surface area contributed by atoms with Crippen molar-refractivity contribution in [3.05, 3.63) is 47.5 Å². The number of rotatable bonds is 3. The number of imide groups is 1. The standard InChI is InChI=1S/C14H13NO5/c1-18-11-7-8-14(19-2,20-11)15-12(16)9-5-3-4-6-10(9)13(15)17/h3-8,11H,1-2H3. The fourth-order valence-corrected chi connectivity index (χ4v) is 2.38. The molecular formula is C14H13NO5. The Balaban J connectivity index is 2.02. The molecule has 6 nitrogen and oxygen atoms in total. The molecule has 2 unspecified atom stereocenters. The molecular weight excluding hydrogens is 262 g/mol. The molecule has 6 heteroatoms. The second-order valence-corrected chi connectivity index (χ2v) is 4.41. The predicted molar refractivity (Wildman–Crippen MR) is 67.7 cm³/mol. The van der Waals surface area contributed by atoms with Crippen LogP contribution in [-0.4, -0.2) is 43.1 Å². The normalized spacial score (nSPS) is 28.3. The molecule has 2 aliphatic heterocycles. The van der Waals surface area contributed by atoms with Gasteiger partial charge in [0.05, 0.1) is 11.1 Å². The number of nitrogens with zero attached hydrogens (tertiary/aromatic N) is 1. The van der Waals surface area contributed by atoms with Gasteiger partial charge >= 0.3 is 0 Å². The van der Waals surface area contributed by atoms with Crippen molar-refractivity contribution in [3.63, 3.8) is 0 Å². The molecule has 0 bridgehead atoms. The van der Waals surface area contributed by atoms with Crippen LogP contribution < -0.4 is 0 Å². The summed E-state index contributed by atoms with van der Waals surface area (Å²) in [4.78, 5) is 25.8. The minimum atomic E-state index is -1.56. The van der Waals surface area contributed by atoms with E-state index in [1.54, 1.807) is 30.3 Å². The maximum Gasteiger partial charge on any atom is 0.284 e. The third kappa shape index (κ3) is 1.62. The van der Waals surface area contributed by atoms with E-state index in [0.29, 0.717) is 11.1 Å². The van der Waals surface area contributed by atoms with Crippen molar-refractivity contribution in [2.24, 2.45) is 0 Å². The summed E-state index contributed by atoms with van der Waals surface area (Å²) in [5, 5.41) is 0. The molecule has 1 aromatic carbocycles. The van der Waals surface area contributed by atoms with E-state index in [2.05, 4.69) is 0 Å². The lowest BCUT2D eigenvalue weighted by atomic mass is 10.1.